The fourth-order valence-corrected chi connectivity index (χ4v) is 7.38. The number of hydrogen-bond acceptors (Lipinski definition) is 2. The molecule has 3 unspecified atom stereocenters. The number of aryl methyl sites for hydroxylation is 1. The summed E-state index contributed by atoms with van der Waals surface area (Å²) in [5.74, 6) is 0.939. The molecule has 0 bridgehead atoms. The van der Waals surface area contributed by atoms with Crippen molar-refractivity contribution >= 4 is 13.9 Å². The Morgan fingerprint density at radius 1 is 0.816 bits per heavy atom. The van der Waals surface area contributed by atoms with Gasteiger partial charge in [-0.05, 0) is 66.8 Å². The number of phenols is 1. The van der Waals surface area contributed by atoms with Gasteiger partial charge >= 0.3 is 0 Å². The van der Waals surface area contributed by atoms with Gasteiger partial charge in [0.15, 0.2) is 0 Å². The molecule has 2 aromatic rings. The molecule has 0 saturated carbocycles. The first-order valence-electron chi connectivity index (χ1n) is 14.9. The fourth-order valence-electron chi connectivity index (χ4n) is 5.48. The van der Waals surface area contributed by atoms with Gasteiger partial charge < -0.3 is 10.2 Å². The summed E-state index contributed by atoms with van der Waals surface area (Å²) < 4.78 is 0. The summed E-state index contributed by atoms with van der Waals surface area (Å²) in [7, 11) is 0.435. The second kappa shape index (κ2) is 12.4. The zero-order chi connectivity index (χ0) is 29.1. The van der Waals surface area contributed by atoms with Crippen molar-refractivity contribution in [1.29, 1.82) is 0 Å². The maximum Gasteiger partial charge on any atom is 0.123 e. The predicted molar refractivity (Wildman–Crippen MR) is 170 cm³/mol. The quantitative estimate of drug-likeness (QED) is 0.263. The number of benzene rings is 2. The predicted octanol–water partition coefficient (Wildman–Crippen LogP) is 9.74. The lowest BCUT2D eigenvalue weighted by Crippen LogP contribution is -2.30. The lowest BCUT2D eigenvalue weighted by atomic mass is 9.69. The SMILES string of the molecule is CCCCC(C)C(C)(C)c1cc(C(C)(C)C)cc(C(C)(CCCC)Pc2ccc(C)cc2C(C)(C)O)c1O. The van der Waals surface area contributed by atoms with Gasteiger partial charge in [0.05, 0.1) is 5.60 Å². The molecule has 2 N–H and O–H groups in total. The van der Waals surface area contributed by atoms with E-state index in [1.165, 1.54) is 23.7 Å². The molecule has 0 radical (unpaired) electrons. The molecule has 0 heterocycles. The smallest absolute Gasteiger partial charge is 0.123 e. The van der Waals surface area contributed by atoms with Crippen LogP contribution in [0.3, 0.4) is 0 Å². The van der Waals surface area contributed by atoms with Crippen LogP contribution < -0.4 is 5.30 Å². The van der Waals surface area contributed by atoms with Crippen LogP contribution in [0.15, 0.2) is 30.3 Å². The molecule has 0 aliphatic heterocycles. The summed E-state index contributed by atoms with van der Waals surface area (Å²) in [5, 5.41) is 24.2. The molecular formula is C35H57O2P. The molecule has 0 saturated heterocycles. The minimum absolute atomic E-state index is 0.0309. The largest absolute Gasteiger partial charge is 0.507 e. The minimum atomic E-state index is -0.919. The Hall–Kier alpha value is -1.37. The molecule has 0 aliphatic carbocycles. The first-order chi connectivity index (χ1) is 17.4. The first kappa shape index (κ1) is 32.8. The third-order valence-corrected chi connectivity index (χ3v) is 10.5. The highest BCUT2D eigenvalue weighted by atomic mass is 31.1. The summed E-state index contributed by atoms with van der Waals surface area (Å²) in [6, 6.07) is 11.1. The summed E-state index contributed by atoms with van der Waals surface area (Å²) in [4.78, 5) is 0. The van der Waals surface area contributed by atoms with Gasteiger partial charge in [0.1, 0.15) is 5.75 Å². The Kier molecular flexibility index (Phi) is 10.7. The molecule has 0 spiro atoms. The molecule has 3 heteroatoms. The van der Waals surface area contributed by atoms with Crippen LogP contribution in [-0.4, -0.2) is 10.2 Å². The average molecular weight is 541 g/mol. The molecule has 214 valence electrons. The van der Waals surface area contributed by atoms with Crippen molar-refractivity contribution < 1.29 is 10.2 Å². The van der Waals surface area contributed by atoms with Gasteiger partial charge in [-0.1, -0.05) is 132 Å². The molecular weight excluding hydrogens is 483 g/mol. The van der Waals surface area contributed by atoms with E-state index in [-0.39, 0.29) is 16.0 Å². The topological polar surface area (TPSA) is 40.5 Å². The van der Waals surface area contributed by atoms with E-state index in [1.807, 2.05) is 13.8 Å². The second-order valence-electron chi connectivity index (χ2n) is 14.1. The van der Waals surface area contributed by atoms with Crippen LogP contribution in [0.2, 0.25) is 0 Å². The summed E-state index contributed by atoms with van der Waals surface area (Å²) >= 11 is 0. The maximum absolute atomic E-state index is 12.1. The van der Waals surface area contributed by atoms with Crippen molar-refractivity contribution in [3.8, 4) is 5.75 Å². The van der Waals surface area contributed by atoms with Gasteiger partial charge in [-0.15, -0.1) is 0 Å². The highest BCUT2D eigenvalue weighted by Crippen LogP contribution is 2.53. The van der Waals surface area contributed by atoms with Crippen LogP contribution in [-0.2, 0) is 21.6 Å². The molecule has 2 nitrogen and oxygen atoms in total. The molecule has 38 heavy (non-hydrogen) atoms. The van der Waals surface area contributed by atoms with Crippen LogP contribution in [0.25, 0.3) is 0 Å². The van der Waals surface area contributed by atoms with E-state index in [2.05, 4.69) is 99.6 Å². The lowest BCUT2D eigenvalue weighted by Gasteiger charge is -2.39. The number of aliphatic hydroxyl groups is 1. The van der Waals surface area contributed by atoms with E-state index < -0.39 is 5.60 Å². The van der Waals surface area contributed by atoms with Crippen molar-refractivity contribution in [3.05, 3.63) is 58.1 Å². The Bertz CT molecular complexity index is 1070. The van der Waals surface area contributed by atoms with Gasteiger partial charge in [0.2, 0.25) is 0 Å². The van der Waals surface area contributed by atoms with Crippen molar-refractivity contribution in [2.45, 2.75) is 143 Å². The number of aromatic hydroxyl groups is 1. The van der Waals surface area contributed by atoms with Gasteiger partial charge in [-0.3, -0.25) is 0 Å². The van der Waals surface area contributed by atoms with E-state index in [1.54, 1.807) is 0 Å². The van der Waals surface area contributed by atoms with E-state index >= 15 is 0 Å². The summed E-state index contributed by atoms with van der Waals surface area (Å²) in [6.45, 7) is 26.5. The summed E-state index contributed by atoms with van der Waals surface area (Å²) in [5.41, 5.74) is 4.51. The van der Waals surface area contributed by atoms with Crippen LogP contribution >= 0.6 is 8.58 Å². The number of phenolic OH excluding ortho intramolecular Hbond substituents is 1. The van der Waals surface area contributed by atoms with Crippen molar-refractivity contribution in [1.82, 2.24) is 0 Å². The van der Waals surface area contributed by atoms with Crippen LogP contribution in [0.4, 0.5) is 0 Å². The lowest BCUT2D eigenvalue weighted by molar-refractivity contribution is 0.0796. The van der Waals surface area contributed by atoms with E-state index in [0.29, 0.717) is 20.2 Å². The average Bonchev–Trinajstić information content (AvgIpc) is 2.80. The molecule has 0 aliphatic rings. The van der Waals surface area contributed by atoms with Crippen LogP contribution in [0.1, 0.15) is 143 Å². The number of unbranched alkanes of at least 4 members (excludes halogenated alkanes) is 2. The zero-order valence-electron chi connectivity index (χ0n) is 26.6. The minimum Gasteiger partial charge on any atom is -0.507 e. The Morgan fingerprint density at radius 2 is 1.39 bits per heavy atom. The van der Waals surface area contributed by atoms with Gasteiger partial charge in [0, 0.05) is 16.3 Å². The third-order valence-electron chi connectivity index (χ3n) is 8.76. The Morgan fingerprint density at radius 3 is 1.92 bits per heavy atom. The molecule has 0 fully saturated rings. The Labute approximate surface area is 236 Å². The molecule has 0 amide bonds. The van der Waals surface area contributed by atoms with Gasteiger partial charge in [-0.25, -0.2) is 0 Å². The number of hydrogen-bond donors (Lipinski definition) is 2. The molecule has 2 rings (SSSR count). The number of rotatable bonds is 12. The normalized spacial score (nSPS) is 15.7. The highest BCUT2D eigenvalue weighted by molar-refractivity contribution is 7.48. The van der Waals surface area contributed by atoms with Gasteiger partial charge in [0.25, 0.3) is 0 Å². The standard InChI is InChI=1S/C35H57O2P/c1-13-15-17-25(4)33(8,9)28-22-26(32(5,6)7)23-29(31(28)36)35(12,20-16-14-2)38-30-19-18-24(3)21-27(30)34(10,11)37/h18-19,21-23,25,36-38H,13-17,20H2,1-12H3. The van der Waals surface area contributed by atoms with Crippen molar-refractivity contribution in [2.24, 2.45) is 5.92 Å². The van der Waals surface area contributed by atoms with Gasteiger partial charge in [-0.2, -0.15) is 0 Å². The fraction of sp³-hybridized carbons (Fsp3) is 0.657. The second-order valence-corrected chi connectivity index (χ2v) is 16.0. The van der Waals surface area contributed by atoms with E-state index in [4.69, 9.17) is 0 Å². The monoisotopic (exact) mass is 540 g/mol. The van der Waals surface area contributed by atoms with Crippen molar-refractivity contribution in [2.75, 3.05) is 0 Å². The van der Waals surface area contributed by atoms with Crippen LogP contribution in [0, 0.1) is 12.8 Å². The maximum atomic E-state index is 12.1. The molecule has 3 atom stereocenters. The Balaban J connectivity index is 2.83. The third kappa shape index (κ3) is 7.63. The summed E-state index contributed by atoms with van der Waals surface area (Å²) in [6.07, 6.45) is 6.76. The first-order valence-corrected chi connectivity index (χ1v) is 15.9. The zero-order valence-corrected chi connectivity index (χ0v) is 27.6. The highest BCUT2D eigenvalue weighted by Gasteiger charge is 2.38. The van der Waals surface area contributed by atoms with Crippen LogP contribution in [0.5, 0.6) is 5.75 Å². The van der Waals surface area contributed by atoms with E-state index in [9.17, 15) is 10.2 Å². The molecule has 2 aromatic carbocycles. The van der Waals surface area contributed by atoms with E-state index in [0.717, 1.165) is 47.9 Å². The molecule has 0 aromatic heterocycles. The van der Waals surface area contributed by atoms with Crippen molar-refractivity contribution in [3.63, 3.8) is 0 Å².